The maximum atomic E-state index is 14.0. The summed E-state index contributed by atoms with van der Waals surface area (Å²) in [6.07, 6.45) is 2.18. The fourth-order valence-corrected chi connectivity index (χ4v) is 3.21. The number of carbonyl (C=O) groups is 1. The molecule has 0 radical (unpaired) electrons. The number of aromatic amines is 1. The first-order valence-corrected chi connectivity index (χ1v) is 8.28. The topological polar surface area (TPSA) is 80.2 Å². The lowest BCUT2D eigenvalue weighted by Crippen LogP contribution is -2.40. The Morgan fingerprint density at radius 1 is 1.36 bits per heavy atom. The second kappa shape index (κ2) is 7.60. The van der Waals surface area contributed by atoms with Gasteiger partial charge >= 0.3 is 5.69 Å². The van der Waals surface area contributed by atoms with Crippen LogP contribution in [0.3, 0.4) is 0 Å². The molecule has 1 aliphatic heterocycles. The number of nitrogens with zero attached hydrogens (tertiary/aromatic N) is 3. The Morgan fingerprint density at radius 3 is 2.76 bits per heavy atom. The average molecular weight is 348 g/mol. The molecule has 1 N–H and O–H groups in total. The van der Waals surface area contributed by atoms with Gasteiger partial charge in [-0.3, -0.25) is 4.79 Å². The number of rotatable bonds is 5. The number of para-hydroxylation sites is 1. The van der Waals surface area contributed by atoms with Crippen LogP contribution in [-0.2, 0) is 16.0 Å². The molecule has 0 atom stereocenters. The second-order valence-electron chi connectivity index (χ2n) is 6.19. The molecule has 1 aromatic carbocycles. The molecule has 8 heteroatoms. The second-order valence-corrected chi connectivity index (χ2v) is 6.19. The fourth-order valence-electron chi connectivity index (χ4n) is 3.21. The summed E-state index contributed by atoms with van der Waals surface area (Å²) in [5, 5.41) is 6.48. The van der Waals surface area contributed by atoms with E-state index in [4.69, 9.17) is 4.74 Å². The maximum absolute atomic E-state index is 14.0. The summed E-state index contributed by atoms with van der Waals surface area (Å²) >= 11 is 0. The molecule has 2 heterocycles. The third kappa shape index (κ3) is 3.79. The zero-order chi connectivity index (χ0) is 17.8. The molecule has 3 rings (SSSR count). The minimum absolute atomic E-state index is 0.0102. The van der Waals surface area contributed by atoms with Gasteiger partial charge in [-0.1, -0.05) is 12.1 Å². The number of amides is 1. The molecule has 0 unspecified atom stereocenters. The predicted molar refractivity (Wildman–Crippen MR) is 89.0 cm³/mol. The minimum Gasteiger partial charge on any atom is -0.375 e. The van der Waals surface area contributed by atoms with E-state index in [2.05, 4.69) is 10.2 Å². The summed E-state index contributed by atoms with van der Waals surface area (Å²) in [7, 11) is 1.50. The van der Waals surface area contributed by atoms with Crippen LogP contribution < -0.4 is 5.69 Å². The summed E-state index contributed by atoms with van der Waals surface area (Å²) in [5.41, 5.74) is -0.253. The number of methoxy groups -OCH3 is 1. The predicted octanol–water partition coefficient (Wildman–Crippen LogP) is 1.13. The van der Waals surface area contributed by atoms with Crippen LogP contribution in [-0.4, -0.2) is 52.4 Å². The van der Waals surface area contributed by atoms with Crippen molar-refractivity contribution >= 4 is 5.91 Å². The molecule has 0 aliphatic carbocycles. The summed E-state index contributed by atoms with van der Waals surface area (Å²) < 4.78 is 20.2. The van der Waals surface area contributed by atoms with E-state index in [0.29, 0.717) is 25.3 Å². The van der Waals surface area contributed by atoms with E-state index in [1.165, 1.54) is 17.7 Å². The molecule has 1 aliphatic rings. The number of carbonyl (C=O) groups excluding carboxylic acids is 1. The zero-order valence-corrected chi connectivity index (χ0v) is 14.1. The maximum Gasteiger partial charge on any atom is 0.348 e. The Hall–Kier alpha value is -2.48. The first kappa shape index (κ1) is 17.3. The smallest absolute Gasteiger partial charge is 0.348 e. The van der Waals surface area contributed by atoms with E-state index in [1.807, 2.05) is 0 Å². The van der Waals surface area contributed by atoms with Crippen molar-refractivity contribution in [3.8, 4) is 5.69 Å². The number of hydrogen-bond donors (Lipinski definition) is 1. The standard InChI is InChI=1S/C17H21FN4O3/c1-25-11-16(23)21-8-6-12(7-9-21)10-15-19-20-17(24)22(15)14-5-3-2-4-13(14)18/h2-5,12H,6-11H2,1H3,(H,20,24). The van der Waals surface area contributed by atoms with Gasteiger partial charge in [0.15, 0.2) is 0 Å². The number of hydrogen-bond acceptors (Lipinski definition) is 4. The molecule has 2 aromatic rings. The fraction of sp³-hybridized carbons (Fsp3) is 0.471. The normalized spacial score (nSPS) is 15.5. The number of H-pyrrole nitrogens is 1. The molecule has 1 saturated heterocycles. The van der Waals surface area contributed by atoms with Gasteiger partial charge in [0, 0.05) is 26.6 Å². The highest BCUT2D eigenvalue weighted by Gasteiger charge is 2.25. The molecular weight excluding hydrogens is 327 g/mol. The number of benzene rings is 1. The summed E-state index contributed by atoms with van der Waals surface area (Å²) in [5.74, 6) is 0.320. The van der Waals surface area contributed by atoms with Gasteiger partial charge in [0.1, 0.15) is 18.2 Å². The van der Waals surface area contributed by atoms with E-state index in [1.54, 1.807) is 23.1 Å². The van der Waals surface area contributed by atoms with Crippen LogP contribution in [0.1, 0.15) is 18.7 Å². The minimum atomic E-state index is -0.466. The highest BCUT2D eigenvalue weighted by Crippen LogP contribution is 2.22. The van der Waals surface area contributed by atoms with Gasteiger partial charge in [0.2, 0.25) is 5.91 Å². The van der Waals surface area contributed by atoms with E-state index >= 15 is 0 Å². The zero-order valence-electron chi connectivity index (χ0n) is 14.1. The number of halogens is 1. The van der Waals surface area contributed by atoms with E-state index in [9.17, 15) is 14.0 Å². The van der Waals surface area contributed by atoms with Crippen LogP contribution in [0.4, 0.5) is 4.39 Å². The molecule has 134 valence electrons. The van der Waals surface area contributed by atoms with Crippen LogP contribution in [0.15, 0.2) is 29.1 Å². The SMILES string of the molecule is COCC(=O)N1CCC(Cc2n[nH]c(=O)n2-c2ccccc2F)CC1. The van der Waals surface area contributed by atoms with Crippen molar-refractivity contribution in [3.63, 3.8) is 0 Å². The summed E-state index contributed by atoms with van der Waals surface area (Å²) in [4.78, 5) is 25.7. The van der Waals surface area contributed by atoms with Gasteiger partial charge in [-0.05, 0) is 30.9 Å². The van der Waals surface area contributed by atoms with Crippen molar-refractivity contribution in [1.29, 1.82) is 0 Å². The van der Waals surface area contributed by atoms with Crippen LogP contribution in [0.5, 0.6) is 0 Å². The van der Waals surface area contributed by atoms with Crippen molar-refractivity contribution in [3.05, 3.63) is 46.4 Å². The van der Waals surface area contributed by atoms with Gasteiger partial charge in [-0.15, -0.1) is 0 Å². The van der Waals surface area contributed by atoms with E-state index < -0.39 is 11.5 Å². The molecule has 1 fully saturated rings. The van der Waals surface area contributed by atoms with Gasteiger partial charge in [-0.2, -0.15) is 5.10 Å². The van der Waals surface area contributed by atoms with Crippen LogP contribution in [0.25, 0.3) is 5.69 Å². The van der Waals surface area contributed by atoms with E-state index in [-0.39, 0.29) is 24.1 Å². The lowest BCUT2D eigenvalue weighted by molar-refractivity contribution is -0.136. The molecule has 0 bridgehead atoms. The van der Waals surface area contributed by atoms with Gasteiger partial charge in [0.05, 0.1) is 5.69 Å². The first-order chi connectivity index (χ1) is 12.1. The molecule has 25 heavy (non-hydrogen) atoms. The van der Waals surface area contributed by atoms with Crippen molar-refractivity contribution in [1.82, 2.24) is 19.7 Å². The average Bonchev–Trinajstić information content (AvgIpc) is 2.96. The highest BCUT2D eigenvalue weighted by atomic mass is 19.1. The number of aromatic nitrogens is 3. The molecule has 7 nitrogen and oxygen atoms in total. The van der Waals surface area contributed by atoms with Gasteiger partial charge in [-0.25, -0.2) is 18.9 Å². The van der Waals surface area contributed by atoms with Gasteiger partial charge in [0.25, 0.3) is 0 Å². The van der Waals surface area contributed by atoms with Crippen LogP contribution >= 0.6 is 0 Å². The Kier molecular flexibility index (Phi) is 5.28. The lowest BCUT2D eigenvalue weighted by Gasteiger charge is -2.31. The molecular formula is C17H21FN4O3. The van der Waals surface area contributed by atoms with Crippen molar-refractivity contribution < 1.29 is 13.9 Å². The number of likely N-dealkylation sites (tertiary alicyclic amines) is 1. The Bertz CT molecular complexity index is 793. The van der Waals surface area contributed by atoms with Crippen molar-refractivity contribution in [2.45, 2.75) is 19.3 Å². The lowest BCUT2D eigenvalue weighted by atomic mass is 9.93. The van der Waals surface area contributed by atoms with Crippen molar-refractivity contribution in [2.24, 2.45) is 5.92 Å². The van der Waals surface area contributed by atoms with Crippen LogP contribution in [0, 0.1) is 11.7 Å². The van der Waals surface area contributed by atoms with Gasteiger partial charge < -0.3 is 9.64 Å². The molecule has 0 saturated carbocycles. The molecule has 1 aromatic heterocycles. The summed E-state index contributed by atoms with van der Waals surface area (Å²) in [6.45, 7) is 1.40. The highest BCUT2D eigenvalue weighted by molar-refractivity contribution is 5.77. The number of nitrogens with one attached hydrogen (secondary N) is 1. The third-order valence-corrected chi connectivity index (χ3v) is 4.54. The molecule has 1 amide bonds. The Balaban J connectivity index is 1.71. The first-order valence-electron chi connectivity index (χ1n) is 8.28. The summed E-state index contributed by atoms with van der Waals surface area (Å²) in [6, 6.07) is 6.14. The molecule has 0 spiro atoms. The largest absolute Gasteiger partial charge is 0.375 e. The Morgan fingerprint density at radius 2 is 2.08 bits per heavy atom. The number of piperidine rings is 1. The third-order valence-electron chi connectivity index (χ3n) is 4.54. The quantitative estimate of drug-likeness (QED) is 0.878. The Labute approximate surface area is 144 Å². The number of ether oxygens (including phenoxy) is 1. The van der Waals surface area contributed by atoms with Crippen molar-refractivity contribution in [2.75, 3.05) is 26.8 Å². The van der Waals surface area contributed by atoms with Crippen LogP contribution in [0.2, 0.25) is 0 Å². The monoisotopic (exact) mass is 348 g/mol. The van der Waals surface area contributed by atoms with E-state index in [0.717, 1.165) is 12.8 Å².